The number of aliphatic carboxylic acids is 1. The Kier molecular flexibility index (Phi) is 4.31. The summed E-state index contributed by atoms with van der Waals surface area (Å²) < 4.78 is 25.5. The van der Waals surface area contributed by atoms with Gasteiger partial charge in [0, 0.05) is 17.2 Å². The molecule has 7 heteroatoms. The summed E-state index contributed by atoms with van der Waals surface area (Å²) in [6.45, 7) is -0.172. The molecule has 1 aromatic rings. The molecule has 0 aliphatic heterocycles. The standard InChI is InChI=1S/C9H9BrF2N2O2/c10-6-3-14-8(9(11)12)5(2-13)4(6)1-7(15)16/h3,9H,1-2,13H2,(H,15,16). The molecule has 1 heterocycles. The van der Waals surface area contributed by atoms with Crippen molar-refractivity contribution >= 4 is 21.9 Å². The number of aromatic nitrogens is 1. The van der Waals surface area contributed by atoms with Gasteiger partial charge >= 0.3 is 5.97 Å². The Hall–Kier alpha value is -1.08. The van der Waals surface area contributed by atoms with E-state index in [1.807, 2.05) is 0 Å². The Bertz CT molecular complexity index is 413. The molecule has 0 spiro atoms. The Labute approximate surface area is 98.6 Å². The first-order valence-electron chi connectivity index (χ1n) is 4.33. The number of nitrogens with zero attached hydrogens (tertiary/aromatic N) is 1. The van der Waals surface area contributed by atoms with Gasteiger partial charge < -0.3 is 10.8 Å². The predicted octanol–water partition coefficient (Wildman–Crippen LogP) is 1.87. The number of hydrogen-bond donors (Lipinski definition) is 2. The number of nitrogens with two attached hydrogens (primary N) is 1. The minimum absolute atomic E-state index is 0.0896. The molecule has 0 aliphatic rings. The molecule has 16 heavy (non-hydrogen) atoms. The second-order valence-electron chi connectivity index (χ2n) is 3.02. The van der Waals surface area contributed by atoms with Crippen molar-refractivity contribution in [2.75, 3.05) is 0 Å². The molecule has 0 bridgehead atoms. The largest absolute Gasteiger partial charge is 0.481 e. The summed E-state index contributed by atoms with van der Waals surface area (Å²) in [5.74, 6) is -1.11. The van der Waals surface area contributed by atoms with E-state index in [4.69, 9.17) is 10.8 Å². The molecule has 0 amide bonds. The van der Waals surface area contributed by atoms with E-state index in [0.29, 0.717) is 4.47 Å². The molecule has 1 rings (SSSR count). The molecule has 0 fully saturated rings. The highest BCUT2D eigenvalue weighted by molar-refractivity contribution is 9.10. The first-order chi connectivity index (χ1) is 7.47. The molecule has 0 saturated heterocycles. The molecule has 0 radical (unpaired) electrons. The van der Waals surface area contributed by atoms with Gasteiger partial charge in [-0.05, 0) is 27.1 Å². The molecule has 3 N–H and O–H groups in total. The molecule has 0 atom stereocenters. The van der Waals surface area contributed by atoms with Crippen LogP contribution in [0.3, 0.4) is 0 Å². The van der Waals surface area contributed by atoms with E-state index < -0.39 is 18.1 Å². The summed E-state index contributed by atoms with van der Waals surface area (Å²) >= 11 is 3.07. The van der Waals surface area contributed by atoms with Gasteiger partial charge in [0.25, 0.3) is 6.43 Å². The quantitative estimate of drug-likeness (QED) is 0.889. The van der Waals surface area contributed by atoms with Crippen molar-refractivity contribution in [3.05, 3.63) is 27.5 Å². The average molecular weight is 295 g/mol. The van der Waals surface area contributed by atoms with Crippen LogP contribution in [0.5, 0.6) is 0 Å². The topological polar surface area (TPSA) is 76.2 Å². The third kappa shape index (κ3) is 2.73. The third-order valence-electron chi connectivity index (χ3n) is 2.02. The van der Waals surface area contributed by atoms with Crippen LogP contribution >= 0.6 is 15.9 Å². The molecule has 88 valence electrons. The molecule has 0 aromatic carbocycles. The van der Waals surface area contributed by atoms with E-state index in [2.05, 4.69) is 20.9 Å². The van der Waals surface area contributed by atoms with Crippen molar-refractivity contribution < 1.29 is 18.7 Å². The summed E-state index contributed by atoms with van der Waals surface area (Å²) in [4.78, 5) is 14.1. The number of alkyl halides is 2. The molecule has 0 saturated carbocycles. The van der Waals surface area contributed by atoms with Crippen LogP contribution in [0.2, 0.25) is 0 Å². The van der Waals surface area contributed by atoms with Crippen LogP contribution in [-0.2, 0) is 17.8 Å². The van der Waals surface area contributed by atoms with Gasteiger partial charge in [-0.15, -0.1) is 0 Å². The fourth-order valence-electron chi connectivity index (χ4n) is 1.34. The van der Waals surface area contributed by atoms with Gasteiger partial charge in [-0.3, -0.25) is 9.78 Å². The van der Waals surface area contributed by atoms with Crippen molar-refractivity contribution in [1.82, 2.24) is 4.98 Å². The minimum atomic E-state index is -2.76. The lowest BCUT2D eigenvalue weighted by Crippen LogP contribution is -2.12. The smallest absolute Gasteiger partial charge is 0.307 e. The number of halogens is 3. The normalized spacial score (nSPS) is 10.8. The highest BCUT2D eigenvalue weighted by atomic mass is 79.9. The van der Waals surface area contributed by atoms with Crippen LogP contribution in [0.15, 0.2) is 10.7 Å². The molecular weight excluding hydrogens is 286 g/mol. The minimum Gasteiger partial charge on any atom is -0.481 e. The Balaban J connectivity index is 3.32. The lowest BCUT2D eigenvalue weighted by atomic mass is 10.0. The first kappa shape index (κ1) is 13.0. The summed E-state index contributed by atoms with van der Waals surface area (Å²) in [6, 6.07) is 0. The van der Waals surface area contributed by atoms with E-state index in [1.165, 1.54) is 6.20 Å². The molecule has 1 aromatic heterocycles. The number of hydrogen-bond acceptors (Lipinski definition) is 3. The molecular formula is C9H9BrF2N2O2. The lowest BCUT2D eigenvalue weighted by molar-refractivity contribution is -0.136. The predicted molar refractivity (Wildman–Crippen MR) is 56.1 cm³/mol. The van der Waals surface area contributed by atoms with Crippen molar-refractivity contribution in [1.29, 1.82) is 0 Å². The van der Waals surface area contributed by atoms with Crippen molar-refractivity contribution in [3.63, 3.8) is 0 Å². The average Bonchev–Trinajstić information content (AvgIpc) is 2.19. The third-order valence-corrected chi connectivity index (χ3v) is 2.70. The number of rotatable bonds is 4. The Morgan fingerprint density at radius 2 is 2.19 bits per heavy atom. The first-order valence-corrected chi connectivity index (χ1v) is 5.12. The van der Waals surface area contributed by atoms with Gasteiger partial charge in [0.05, 0.1) is 6.42 Å². The van der Waals surface area contributed by atoms with Crippen LogP contribution in [0, 0.1) is 0 Å². The van der Waals surface area contributed by atoms with Gasteiger partial charge in [-0.2, -0.15) is 0 Å². The van der Waals surface area contributed by atoms with Crippen LogP contribution in [0.1, 0.15) is 23.2 Å². The fraction of sp³-hybridized carbons (Fsp3) is 0.333. The molecule has 0 unspecified atom stereocenters. The van der Waals surface area contributed by atoms with Crippen LogP contribution < -0.4 is 5.73 Å². The summed E-state index contributed by atoms with van der Waals surface area (Å²) in [5, 5.41) is 8.67. The zero-order valence-corrected chi connectivity index (χ0v) is 9.67. The maximum Gasteiger partial charge on any atom is 0.307 e. The maximum atomic E-state index is 12.6. The van der Waals surface area contributed by atoms with Crippen molar-refractivity contribution in [3.8, 4) is 0 Å². The molecule has 4 nitrogen and oxygen atoms in total. The second-order valence-corrected chi connectivity index (χ2v) is 3.88. The van der Waals surface area contributed by atoms with Gasteiger partial charge in [0.2, 0.25) is 0 Å². The zero-order valence-electron chi connectivity index (χ0n) is 8.08. The van der Waals surface area contributed by atoms with E-state index in [0.717, 1.165) is 0 Å². The van der Waals surface area contributed by atoms with Crippen molar-refractivity contribution in [2.24, 2.45) is 5.73 Å². The summed E-state index contributed by atoms with van der Waals surface area (Å²) in [6.07, 6.45) is -1.96. The van der Waals surface area contributed by atoms with Gasteiger partial charge in [-0.25, -0.2) is 8.78 Å². The number of carboxylic acids is 1. The van der Waals surface area contributed by atoms with Gasteiger partial charge in [0.15, 0.2) is 0 Å². The zero-order chi connectivity index (χ0) is 12.3. The number of carbonyl (C=O) groups is 1. The highest BCUT2D eigenvalue weighted by Gasteiger charge is 2.20. The van der Waals surface area contributed by atoms with Crippen LogP contribution in [0.4, 0.5) is 8.78 Å². The number of pyridine rings is 1. The monoisotopic (exact) mass is 294 g/mol. The fourth-order valence-corrected chi connectivity index (χ4v) is 1.82. The van der Waals surface area contributed by atoms with E-state index in [9.17, 15) is 13.6 Å². The summed E-state index contributed by atoms with van der Waals surface area (Å²) in [7, 11) is 0. The van der Waals surface area contributed by atoms with Gasteiger partial charge in [-0.1, -0.05) is 0 Å². The Morgan fingerprint density at radius 1 is 1.56 bits per heavy atom. The number of carboxylic acid groups (broad SMARTS) is 1. The SMILES string of the molecule is NCc1c(C(F)F)ncc(Br)c1CC(=O)O. The van der Waals surface area contributed by atoms with Gasteiger partial charge in [0.1, 0.15) is 5.69 Å². The second kappa shape index (κ2) is 5.31. The van der Waals surface area contributed by atoms with E-state index in [1.54, 1.807) is 0 Å². The van der Waals surface area contributed by atoms with E-state index >= 15 is 0 Å². The molecule has 0 aliphatic carbocycles. The van der Waals surface area contributed by atoms with Crippen molar-refractivity contribution in [2.45, 2.75) is 19.4 Å². The van der Waals surface area contributed by atoms with Crippen LogP contribution in [-0.4, -0.2) is 16.1 Å². The highest BCUT2D eigenvalue weighted by Crippen LogP contribution is 2.28. The Morgan fingerprint density at radius 3 is 2.62 bits per heavy atom. The van der Waals surface area contributed by atoms with E-state index in [-0.39, 0.29) is 24.1 Å². The van der Waals surface area contributed by atoms with Crippen LogP contribution in [0.25, 0.3) is 0 Å². The lowest BCUT2D eigenvalue weighted by Gasteiger charge is -2.12. The summed E-state index contributed by atoms with van der Waals surface area (Å²) in [5.41, 5.74) is 5.23. The maximum absolute atomic E-state index is 12.6.